The third kappa shape index (κ3) is 2.39. The molecule has 0 saturated carbocycles. The van der Waals surface area contributed by atoms with E-state index in [1.54, 1.807) is 12.1 Å². The third-order valence-electron chi connectivity index (χ3n) is 3.96. The lowest BCUT2D eigenvalue weighted by molar-refractivity contribution is 0.800. The second-order valence-electron chi connectivity index (χ2n) is 5.50. The van der Waals surface area contributed by atoms with E-state index < -0.39 is 11.2 Å². The molecular weight excluding hydrogens is 326 g/mol. The van der Waals surface area contributed by atoms with Crippen molar-refractivity contribution in [3.63, 3.8) is 0 Å². The minimum absolute atomic E-state index is 0.339. The summed E-state index contributed by atoms with van der Waals surface area (Å²) in [5.74, 6) is 0.349. The number of halogens is 1. The predicted molar refractivity (Wildman–Crippen MR) is 93.8 cm³/mol. The highest BCUT2D eigenvalue weighted by atomic mass is 35.5. The summed E-state index contributed by atoms with van der Waals surface area (Å²) in [5.41, 5.74) is 1.07. The van der Waals surface area contributed by atoms with E-state index in [-0.39, 0.29) is 0 Å². The van der Waals surface area contributed by atoms with Crippen LogP contribution < -0.4 is 11.2 Å². The van der Waals surface area contributed by atoms with Gasteiger partial charge in [-0.2, -0.15) is 4.98 Å². The van der Waals surface area contributed by atoms with Crippen molar-refractivity contribution >= 4 is 22.5 Å². The van der Waals surface area contributed by atoms with Gasteiger partial charge in [0.05, 0.1) is 11.1 Å². The molecular formula is C18H12ClN3O2. The first-order chi connectivity index (χ1) is 11.6. The number of nitrogens with one attached hydrogen (secondary N) is 1. The average molecular weight is 338 g/mol. The molecule has 0 radical (unpaired) electrons. The van der Waals surface area contributed by atoms with E-state index in [2.05, 4.69) is 9.97 Å². The van der Waals surface area contributed by atoms with E-state index in [1.165, 1.54) is 0 Å². The molecule has 2 aliphatic heterocycles. The number of nitrogens with zero attached hydrogens (tertiary/aromatic N) is 2. The van der Waals surface area contributed by atoms with Gasteiger partial charge in [0.15, 0.2) is 5.82 Å². The molecule has 4 rings (SSSR count). The average Bonchev–Trinajstić information content (AvgIpc) is 2.57. The number of benzene rings is 2. The van der Waals surface area contributed by atoms with E-state index in [4.69, 9.17) is 11.6 Å². The summed E-state index contributed by atoms with van der Waals surface area (Å²) >= 11 is 6.31. The zero-order valence-electron chi connectivity index (χ0n) is 12.5. The number of H-pyrrole nitrogens is 1. The van der Waals surface area contributed by atoms with Gasteiger partial charge >= 0.3 is 5.69 Å². The van der Waals surface area contributed by atoms with Gasteiger partial charge in [-0.05, 0) is 23.8 Å². The fraction of sp³-hybridized carbons (Fsp3) is 0.0556. The Kier molecular flexibility index (Phi) is 3.43. The summed E-state index contributed by atoms with van der Waals surface area (Å²) in [6, 6.07) is 17.0. The van der Waals surface area contributed by atoms with Crippen LogP contribution in [0.2, 0.25) is 5.02 Å². The van der Waals surface area contributed by atoms with Gasteiger partial charge in [0.1, 0.15) is 0 Å². The molecule has 0 bridgehead atoms. The topological polar surface area (TPSA) is 67.8 Å². The Morgan fingerprint density at radius 2 is 1.83 bits per heavy atom. The van der Waals surface area contributed by atoms with Crippen LogP contribution in [0, 0.1) is 0 Å². The summed E-state index contributed by atoms with van der Waals surface area (Å²) in [5, 5.41) is 1.29. The molecule has 2 aromatic carbocycles. The van der Waals surface area contributed by atoms with Crippen LogP contribution in [0.1, 0.15) is 5.56 Å². The number of pyridine rings is 1. The van der Waals surface area contributed by atoms with Crippen LogP contribution in [0.4, 0.5) is 0 Å². The van der Waals surface area contributed by atoms with Crippen molar-refractivity contribution in [3.8, 4) is 11.4 Å². The maximum atomic E-state index is 12.2. The van der Waals surface area contributed by atoms with E-state index in [0.717, 1.165) is 16.5 Å². The van der Waals surface area contributed by atoms with Gasteiger partial charge in [0.2, 0.25) is 0 Å². The van der Waals surface area contributed by atoms with Crippen LogP contribution in [-0.4, -0.2) is 14.5 Å². The van der Waals surface area contributed by atoms with Crippen LogP contribution >= 0.6 is 11.6 Å². The zero-order chi connectivity index (χ0) is 16.7. The molecule has 2 aromatic rings. The van der Waals surface area contributed by atoms with Crippen molar-refractivity contribution in [1.29, 1.82) is 0 Å². The molecule has 0 aromatic heterocycles. The summed E-state index contributed by atoms with van der Waals surface area (Å²) in [7, 11) is 0. The molecule has 0 amide bonds. The number of aromatic nitrogens is 3. The third-order valence-corrected chi connectivity index (χ3v) is 4.29. The standard InChI is InChI=1S/C18H12ClN3O2/c19-14-7-4-8-15-12(14)9-13-16(20-18(24)21-17(13)23)22(15)10-11-5-2-1-3-6-11/h1-9H,10H2,(H,21,23,24). The maximum Gasteiger partial charge on any atom is 0.349 e. The monoisotopic (exact) mass is 337 g/mol. The van der Waals surface area contributed by atoms with Crippen molar-refractivity contribution in [2.24, 2.45) is 0 Å². The molecule has 0 saturated heterocycles. The highest BCUT2D eigenvalue weighted by Crippen LogP contribution is 2.29. The van der Waals surface area contributed by atoms with Gasteiger partial charge in [0.25, 0.3) is 5.56 Å². The van der Waals surface area contributed by atoms with E-state index >= 15 is 0 Å². The summed E-state index contributed by atoms with van der Waals surface area (Å²) in [4.78, 5) is 30.1. The maximum absolute atomic E-state index is 12.2. The molecule has 5 nitrogen and oxygen atoms in total. The van der Waals surface area contributed by atoms with Gasteiger partial charge in [-0.3, -0.25) is 9.78 Å². The first-order valence-corrected chi connectivity index (χ1v) is 7.77. The summed E-state index contributed by atoms with van der Waals surface area (Å²) < 4.78 is 1.85. The lowest BCUT2D eigenvalue weighted by atomic mass is 10.1. The summed E-state index contributed by atoms with van der Waals surface area (Å²) in [6.07, 6.45) is 0. The minimum Gasteiger partial charge on any atom is -0.320 e. The second kappa shape index (κ2) is 5.62. The van der Waals surface area contributed by atoms with Gasteiger partial charge < -0.3 is 4.57 Å². The van der Waals surface area contributed by atoms with Crippen molar-refractivity contribution in [2.45, 2.75) is 6.54 Å². The Hall–Kier alpha value is -2.92. The Labute approximate surface area is 141 Å². The van der Waals surface area contributed by atoms with Crippen LogP contribution in [-0.2, 0) is 6.54 Å². The molecule has 0 spiro atoms. The molecule has 118 valence electrons. The van der Waals surface area contributed by atoms with Gasteiger partial charge in [0, 0.05) is 17.0 Å². The van der Waals surface area contributed by atoms with E-state index in [1.807, 2.05) is 47.0 Å². The van der Waals surface area contributed by atoms with E-state index in [9.17, 15) is 9.59 Å². The fourth-order valence-corrected chi connectivity index (χ4v) is 3.10. The molecule has 2 aliphatic rings. The molecule has 0 fully saturated rings. The highest BCUT2D eigenvalue weighted by molar-refractivity contribution is 6.35. The second-order valence-corrected chi connectivity index (χ2v) is 5.90. The first kappa shape index (κ1) is 14.7. The number of hydrogen-bond acceptors (Lipinski definition) is 3. The molecule has 24 heavy (non-hydrogen) atoms. The lowest BCUT2D eigenvalue weighted by Crippen LogP contribution is -2.27. The number of fused-ring (bicyclic) bond motifs is 2. The Morgan fingerprint density at radius 3 is 2.62 bits per heavy atom. The van der Waals surface area contributed by atoms with Crippen molar-refractivity contribution < 1.29 is 0 Å². The van der Waals surface area contributed by atoms with Crippen LogP contribution in [0.15, 0.2) is 64.2 Å². The molecule has 6 heteroatoms. The summed E-state index contributed by atoms with van der Waals surface area (Å²) in [6.45, 7) is 0.477. The first-order valence-electron chi connectivity index (χ1n) is 7.39. The zero-order valence-corrected chi connectivity index (χ0v) is 13.2. The molecule has 0 aliphatic carbocycles. The smallest absolute Gasteiger partial charge is 0.320 e. The van der Waals surface area contributed by atoms with Gasteiger partial charge in [-0.15, -0.1) is 0 Å². The SMILES string of the molecule is O=c1nc2n(Cc3ccccc3)c3cccc(Cl)c3cc-2c(=O)[nH]1. The Bertz CT molecular complexity index is 1130. The molecule has 0 unspecified atom stereocenters. The lowest BCUT2D eigenvalue weighted by Gasteiger charge is -2.18. The van der Waals surface area contributed by atoms with Crippen molar-refractivity contribution in [2.75, 3.05) is 0 Å². The molecule has 1 N–H and O–H groups in total. The Balaban J connectivity index is 2.12. The van der Waals surface area contributed by atoms with E-state index in [0.29, 0.717) is 23.0 Å². The van der Waals surface area contributed by atoms with Gasteiger partial charge in [-0.25, -0.2) is 4.79 Å². The van der Waals surface area contributed by atoms with Crippen molar-refractivity contribution in [3.05, 3.63) is 86.0 Å². The highest BCUT2D eigenvalue weighted by Gasteiger charge is 2.18. The Morgan fingerprint density at radius 1 is 1.04 bits per heavy atom. The van der Waals surface area contributed by atoms with Crippen LogP contribution in [0.25, 0.3) is 22.3 Å². The number of rotatable bonds is 2. The van der Waals surface area contributed by atoms with Crippen LogP contribution in [0.3, 0.4) is 0 Å². The number of hydrogen-bond donors (Lipinski definition) is 1. The van der Waals surface area contributed by atoms with Crippen LogP contribution in [0.5, 0.6) is 0 Å². The minimum atomic E-state index is -0.657. The normalized spacial score (nSPS) is 11.2. The fourth-order valence-electron chi connectivity index (χ4n) is 2.87. The quantitative estimate of drug-likeness (QED) is 0.572. The number of aromatic amines is 1. The molecule has 2 heterocycles. The largest absolute Gasteiger partial charge is 0.349 e. The molecule has 0 atom stereocenters. The predicted octanol–water partition coefficient (Wildman–Crippen LogP) is 2.89. The van der Waals surface area contributed by atoms with Crippen molar-refractivity contribution in [1.82, 2.24) is 14.5 Å². The van der Waals surface area contributed by atoms with Gasteiger partial charge in [-0.1, -0.05) is 48.0 Å².